The van der Waals surface area contributed by atoms with Gasteiger partial charge in [0.1, 0.15) is 0 Å². The summed E-state index contributed by atoms with van der Waals surface area (Å²) in [5.74, 6) is 0. The molecule has 33 valence electrons. The van der Waals surface area contributed by atoms with Crippen molar-refractivity contribution >= 4 is 37.7 Å². The summed E-state index contributed by atoms with van der Waals surface area (Å²) in [6, 6.07) is 0. The summed E-state index contributed by atoms with van der Waals surface area (Å²) >= 11 is -3.69. The maximum atomic E-state index is 8.67. The van der Waals surface area contributed by atoms with E-state index in [-0.39, 0.29) is 59.1 Å². The van der Waals surface area contributed by atoms with E-state index in [0.29, 0.717) is 0 Å². The largest absolute Gasteiger partial charge is 0 e. The molecule has 0 amide bonds. The van der Waals surface area contributed by atoms with Crippen LogP contribution < -0.4 is 0 Å². The van der Waals surface area contributed by atoms with E-state index in [9.17, 15) is 0 Å². The zero-order valence-electron chi connectivity index (χ0n) is 4.87. The Bertz CT molecular complexity index is 63.7. The van der Waals surface area contributed by atoms with Gasteiger partial charge in [0, 0.05) is 18.6 Å². The van der Waals surface area contributed by atoms with Crippen molar-refractivity contribution in [3.8, 4) is 0 Å². The zero-order valence-corrected chi connectivity index (χ0v) is 7.87. The van der Waals surface area contributed by atoms with Crippen molar-refractivity contribution in [1.82, 2.24) is 0 Å². The molecule has 3 nitrogen and oxygen atoms in total. The van der Waals surface area contributed by atoms with E-state index in [4.69, 9.17) is 11.4 Å². The number of hydrogen-bond acceptors (Lipinski definition) is 2. The van der Waals surface area contributed by atoms with Gasteiger partial charge in [-0.1, -0.05) is 0 Å². The molecule has 0 rings (SSSR count). The van der Waals surface area contributed by atoms with Gasteiger partial charge >= 0.3 is 64.5 Å². The van der Waals surface area contributed by atoms with Crippen molar-refractivity contribution in [2.24, 2.45) is 0 Å². The van der Waals surface area contributed by atoms with Crippen molar-refractivity contribution in [1.29, 1.82) is 0 Å². The van der Waals surface area contributed by atoms with Crippen molar-refractivity contribution < 1.29 is 48.2 Å². The molecule has 0 aromatic carbocycles. The van der Waals surface area contributed by atoms with E-state index in [1.165, 1.54) is 0 Å². The van der Waals surface area contributed by atoms with E-state index >= 15 is 0 Å². The van der Waals surface area contributed by atoms with Gasteiger partial charge in [0.2, 0.25) is 0 Å². The maximum Gasteiger partial charge on any atom is 0 e. The van der Waals surface area contributed by atoms with E-state index in [2.05, 4.69) is 0 Å². The minimum atomic E-state index is -3.69. The standard InChI is InChI=1S/Ca.H2O.2O.2V.2H/h;1H2;;;;;;/q+2;;;;;+1;2*-1/p-1. The van der Waals surface area contributed by atoms with Crippen LogP contribution in [0.25, 0.3) is 0 Å². The number of hydrogen-bond donors (Lipinski definition) is 1. The molecular formula is H3CaO3V2. The summed E-state index contributed by atoms with van der Waals surface area (Å²) in [6.45, 7) is 0. The molecule has 6 heavy (non-hydrogen) atoms. The molecule has 1 N–H and O–H groups in total. The molecule has 6 heteroatoms. The summed E-state index contributed by atoms with van der Waals surface area (Å²) in [5.41, 5.74) is 0. The maximum absolute atomic E-state index is 8.67. The second kappa shape index (κ2) is 10.1. The molecule has 0 unspecified atom stereocenters. The Kier molecular flexibility index (Phi) is 26.3. The van der Waals surface area contributed by atoms with Crippen molar-refractivity contribution in [3.05, 3.63) is 0 Å². The molecule has 0 saturated carbocycles. The topological polar surface area (TPSA) is 54.4 Å². The molecular weight excluding hydrogens is 190 g/mol. The van der Waals surface area contributed by atoms with Crippen molar-refractivity contribution in [2.75, 3.05) is 0 Å². The molecule has 0 bridgehead atoms. The van der Waals surface area contributed by atoms with Gasteiger partial charge in [-0.15, -0.1) is 0 Å². The van der Waals surface area contributed by atoms with E-state index < -0.39 is 15.4 Å². The summed E-state index contributed by atoms with van der Waals surface area (Å²) in [5, 5.41) is 0. The molecule has 0 aromatic heterocycles. The zero-order chi connectivity index (χ0) is 3.58. The predicted octanol–water partition coefficient (Wildman–Crippen LogP) is -0.955. The Hall–Kier alpha value is 1.99. The monoisotopic (exact) mass is 193 g/mol. The predicted molar refractivity (Wildman–Crippen MR) is 11.6 cm³/mol. The average Bonchev–Trinajstić information content (AvgIpc) is 0.811. The first kappa shape index (κ1) is 15.7. The third kappa shape index (κ3) is 37.7. The summed E-state index contributed by atoms with van der Waals surface area (Å²) in [4.78, 5) is 0. The quantitative estimate of drug-likeness (QED) is 0.504. The van der Waals surface area contributed by atoms with Gasteiger partial charge in [0.15, 0.2) is 0 Å². The Balaban J connectivity index is -0.00000000750. The minimum Gasteiger partial charge on any atom is 0 e. The van der Waals surface area contributed by atoms with Crippen LogP contribution >= 0.6 is 0 Å². The van der Waals surface area contributed by atoms with Crippen LogP contribution in [0.1, 0.15) is 2.85 Å². The molecule has 0 aliphatic rings. The van der Waals surface area contributed by atoms with Crippen molar-refractivity contribution in [2.45, 2.75) is 0 Å². The fraction of sp³-hybridized carbons (Fsp3) is 0. The summed E-state index contributed by atoms with van der Waals surface area (Å²) < 4.78 is 24.4. The van der Waals surface area contributed by atoms with E-state index in [1.807, 2.05) is 0 Å². The van der Waals surface area contributed by atoms with E-state index in [0.717, 1.165) is 0 Å². The normalized spacial score (nSPS) is 4.17. The van der Waals surface area contributed by atoms with Crippen LogP contribution in [-0.2, 0) is 41.3 Å². The van der Waals surface area contributed by atoms with E-state index in [1.54, 1.807) is 0 Å². The van der Waals surface area contributed by atoms with Crippen LogP contribution in [0.15, 0.2) is 0 Å². The Morgan fingerprint density at radius 2 is 1.50 bits per heavy atom. The van der Waals surface area contributed by atoms with Gasteiger partial charge in [-0.25, -0.2) is 0 Å². The summed E-state index contributed by atoms with van der Waals surface area (Å²) in [6.07, 6.45) is 0. The second-order valence-corrected chi connectivity index (χ2v) is 0.981. The molecule has 0 fully saturated rings. The van der Waals surface area contributed by atoms with Crippen LogP contribution in [0.5, 0.6) is 0 Å². The fourth-order valence-corrected chi connectivity index (χ4v) is 0. The van der Waals surface area contributed by atoms with Crippen LogP contribution in [0.2, 0.25) is 0 Å². The smallest absolute Gasteiger partial charge is 0 e. The van der Waals surface area contributed by atoms with Crippen molar-refractivity contribution in [3.63, 3.8) is 0 Å². The minimum absolute atomic E-state index is 0. The van der Waals surface area contributed by atoms with Crippen LogP contribution in [0, 0.1) is 0 Å². The van der Waals surface area contributed by atoms with Gasteiger partial charge < -0.3 is 2.85 Å². The third-order valence-corrected chi connectivity index (χ3v) is 0. The van der Waals surface area contributed by atoms with Gasteiger partial charge in [-0.05, 0) is 0 Å². The molecule has 0 aromatic rings. The SMILES string of the molecule is [Ca+2].[H-].[H-].[O]=[V](=[O])[OH].[V]. The Morgan fingerprint density at radius 1 is 1.50 bits per heavy atom. The van der Waals surface area contributed by atoms with Gasteiger partial charge in [-0.3, -0.25) is 0 Å². The van der Waals surface area contributed by atoms with Gasteiger partial charge in [-0.2, -0.15) is 0 Å². The molecule has 0 heterocycles. The molecule has 0 atom stereocenters. The average molecular weight is 193 g/mol. The summed E-state index contributed by atoms with van der Waals surface area (Å²) in [7, 11) is 0. The number of rotatable bonds is 0. The van der Waals surface area contributed by atoms with Gasteiger partial charge in [0.05, 0.1) is 0 Å². The van der Waals surface area contributed by atoms with Crippen LogP contribution in [0.3, 0.4) is 0 Å². The van der Waals surface area contributed by atoms with Gasteiger partial charge in [0.25, 0.3) is 0 Å². The molecule has 0 spiro atoms. The van der Waals surface area contributed by atoms with Crippen LogP contribution in [-0.4, -0.2) is 41.8 Å². The third-order valence-electron chi connectivity index (χ3n) is 0. The Labute approximate surface area is 84.7 Å². The molecule has 0 aliphatic carbocycles. The Morgan fingerprint density at radius 3 is 1.50 bits per heavy atom. The molecule has 0 aliphatic heterocycles. The first-order valence-corrected chi connectivity index (χ1v) is 2.33. The second-order valence-electron chi connectivity index (χ2n) is 0.238. The van der Waals surface area contributed by atoms with Crippen LogP contribution in [0.4, 0.5) is 0 Å². The molecule has 0 saturated heterocycles. The first-order valence-electron chi connectivity index (χ1n) is 0.565. The fourth-order valence-electron chi connectivity index (χ4n) is 0. The first-order chi connectivity index (χ1) is 1.73. The molecule has 1 radical (unpaired) electrons.